The van der Waals surface area contributed by atoms with E-state index in [1.54, 1.807) is 12.1 Å². The normalized spacial score (nSPS) is 31.0. The Morgan fingerprint density at radius 3 is 2.62 bits per heavy atom. The SMILES string of the molecule is NC1CCOC(C2CCCN(c3ccc4c(c3)C(=O)N(C3CCC(=O)NC3=O)C4=O)C2)C1. The van der Waals surface area contributed by atoms with Crippen LogP contribution in [0.15, 0.2) is 18.2 Å². The number of fused-ring (bicyclic) bond motifs is 1. The maximum atomic E-state index is 13.1. The molecule has 32 heavy (non-hydrogen) atoms. The molecule has 9 heteroatoms. The van der Waals surface area contributed by atoms with E-state index < -0.39 is 23.8 Å². The summed E-state index contributed by atoms with van der Waals surface area (Å²) in [5, 5.41) is 2.22. The van der Waals surface area contributed by atoms with Crippen LogP contribution in [0.3, 0.4) is 0 Å². The lowest BCUT2D eigenvalue weighted by molar-refractivity contribution is -0.136. The van der Waals surface area contributed by atoms with Crippen molar-refractivity contribution in [3.8, 4) is 0 Å². The zero-order valence-electron chi connectivity index (χ0n) is 17.9. The number of rotatable bonds is 3. The van der Waals surface area contributed by atoms with Crippen molar-refractivity contribution in [2.24, 2.45) is 11.7 Å². The number of hydrogen-bond donors (Lipinski definition) is 2. The number of carbonyl (C=O) groups is 4. The molecular formula is C23H28N4O5. The second-order valence-corrected chi connectivity index (χ2v) is 9.22. The third-order valence-corrected chi connectivity index (χ3v) is 7.13. The Labute approximate surface area is 186 Å². The molecule has 5 rings (SSSR count). The average Bonchev–Trinajstić information content (AvgIpc) is 3.04. The van der Waals surface area contributed by atoms with E-state index in [9.17, 15) is 19.2 Å². The molecule has 0 saturated carbocycles. The van der Waals surface area contributed by atoms with Crippen LogP contribution in [0.5, 0.6) is 0 Å². The second kappa shape index (κ2) is 8.29. The Morgan fingerprint density at radius 1 is 1.03 bits per heavy atom. The van der Waals surface area contributed by atoms with Crippen LogP contribution in [-0.4, -0.2) is 66.4 Å². The number of piperidine rings is 2. The van der Waals surface area contributed by atoms with Gasteiger partial charge in [-0.1, -0.05) is 0 Å². The van der Waals surface area contributed by atoms with Gasteiger partial charge in [-0.05, 0) is 50.3 Å². The van der Waals surface area contributed by atoms with Crippen LogP contribution in [0.2, 0.25) is 0 Å². The molecule has 4 aliphatic heterocycles. The molecule has 170 valence electrons. The molecule has 4 unspecified atom stereocenters. The van der Waals surface area contributed by atoms with E-state index >= 15 is 0 Å². The lowest BCUT2D eigenvalue weighted by Gasteiger charge is -2.40. The molecule has 9 nitrogen and oxygen atoms in total. The highest BCUT2D eigenvalue weighted by molar-refractivity contribution is 6.23. The zero-order chi connectivity index (χ0) is 22.4. The van der Waals surface area contributed by atoms with Crippen molar-refractivity contribution in [1.29, 1.82) is 0 Å². The molecule has 0 aliphatic carbocycles. The fourth-order valence-electron chi connectivity index (χ4n) is 5.39. The van der Waals surface area contributed by atoms with Crippen molar-refractivity contribution in [3.63, 3.8) is 0 Å². The van der Waals surface area contributed by atoms with Crippen molar-refractivity contribution in [1.82, 2.24) is 10.2 Å². The first-order valence-electron chi connectivity index (χ1n) is 11.4. The monoisotopic (exact) mass is 440 g/mol. The van der Waals surface area contributed by atoms with Crippen LogP contribution >= 0.6 is 0 Å². The smallest absolute Gasteiger partial charge is 0.262 e. The van der Waals surface area contributed by atoms with Crippen molar-refractivity contribution in [2.45, 2.75) is 56.7 Å². The highest BCUT2D eigenvalue weighted by Gasteiger charge is 2.45. The minimum atomic E-state index is -0.949. The minimum absolute atomic E-state index is 0.108. The summed E-state index contributed by atoms with van der Waals surface area (Å²) in [5.74, 6) is -1.56. The number of nitrogens with one attached hydrogen (secondary N) is 1. The summed E-state index contributed by atoms with van der Waals surface area (Å²) < 4.78 is 6.00. The maximum Gasteiger partial charge on any atom is 0.262 e. The fourth-order valence-corrected chi connectivity index (χ4v) is 5.39. The summed E-state index contributed by atoms with van der Waals surface area (Å²) in [4.78, 5) is 53.0. The topological polar surface area (TPSA) is 122 Å². The summed E-state index contributed by atoms with van der Waals surface area (Å²) in [6.07, 6.45) is 4.29. The highest BCUT2D eigenvalue weighted by Crippen LogP contribution is 2.34. The molecule has 0 radical (unpaired) electrons. The van der Waals surface area contributed by atoms with Gasteiger partial charge in [0.25, 0.3) is 11.8 Å². The first kappa shape index (κ1) is 21.1. The third kappa shape index (κ3) is 3.69. The number of anilines is 1. The van der Waals surface area contributed by atoms with E-state index in [0.717, 1.165) is 49.4 Å². The van der Waals surface area contributed by atoms with Gasteiger partial charge in [0.2, 0.25) is 11.8 Å². The quantitative estimate of drug-likeness (QED) is 0.667. The Kier molecular flexibility index (Phi) is 5.46. The van der Waals surface area contributed by atoms with E-state index in [2.05, 4.69) is 10.2 Å². The summed E-state index contributed by atoms with van der Waals surface area (Å²) in [7, 11) is 0. The first-order valence-corrected chi connectivity index (χ1v) is 11.4. The standard InChI is InChI=1S/C23H28N4O5/c24-14-7-9-32-19(10-14)13-2-1-8-26(12-13)15-3-4-16-17(11-15)23(31)27(22(16)30)18-5-6-20(28)25-21(18)29/h3-4,11,13-14,18-19H,1-2,5-10,12,24H2,(H,25,28,29). The molecule has 0 aromatic heterocycles. The van der Waals surface area contributed by atoms with Gasteiger partial charge in [0.15, 0.2) is 0 Å². The summed E-state index contributed by atoms with van der Waals surface area (Å²) >= 11 is 0. The van der Waals surface area contributed by atoms with Crippen molar-refractivity contribution in [2.75, 3.05) is 24.6 Å². The number of nitrogens with zero attached hydrogens (tertiary/aromatic N) is 2. The van der Waals surface area contributed by atoms with E-state index in [1.807, 2.05) is 6.07 Å². The zero-order valence-corrected chi connectivity index (χ0v) is 17.9. The number of hydrogen-bond acceptors (Lipinski definition) is 7. The third-order valence-electron chi connectivity index (χ3n) is 7.13. The molecular weight excluding hydrogens is 412 g/mol. The minimum Gasteiger partial charge on any atom is -0.378 e. The predicted octanol–water partition coefficient (Wildman–Crippen LogP) is 0.810. The largest absolute Gasteiger partial charge is 0.378 e. The van der Waals surface area contributed by atoms with Gasteiger partial charge in [-0.3, -0.25) is 29.4 Å². The van der Waals surface area contributed by atoms with E-state index in [4.69, 9.17) is 10.5 Å². The van der Waals surface area contributed by atoms with Gasteiger partial charge in [-0.2, -0.15) is 0 Å². The Balaban J connectivity index is 1.34. The molecule has 0 spiro atoms. The van der Waals surface area contributed by atoms with Gasteiger partial charge < -0.3 is 15.4 Å². The number of carbonyl (C=O) groups excluding carboxylic acids is 4. The number of imide groups is 2. The van der Waals surface area contributed by atoms with E-state index in [0.29, 0.717) is 23.7 Å². The average molecular weight is 441 g/mol. The van der Waals surface area contributed by atoms with Gasteiger partial charge in [0.1, 0.15) is 6.04 Å². The Hall–Kier alpha value is -2.78. The van der Waals surface area contributed by atoms with Crippen molar-refractivity contribution >= 4 is 29.3 Å². The molecule has 1 aromatic carbocycles. The second-order valence-electron chi connectivity index (χ2n) is 9.22. The summed E-state index contributed by atoms with van der Waals surface area (Å²) in [6, 6.07) is 4.54. The van der Waals surface area contributed by atoms with Gasteiger partial charge >= 0.3 is 0 Å². The van der Waals surface area contributed by atoms with Gasteiger partial charge in [0, 0.05) is 43.8 Å². The molecule has 1 aromatic rings. The molecule has 3 saturated heterocycles. The number of ether oxygens (including phenoxy) is 1. The van der Waals surface area contributed by atoms with Crippen LogP contribution in [-0.2, 0) is 14.3 Å². The molecule has 4 amide bonds. The molecule has 4 aliphatic rings. The van der Waals surface area contributed by atoms with Crippen LogP contribution in [0.25, 0.3) is 0 Å². The van der Waals surface area contributed by atoms with E-state index in [-0.39, 0.29) is 30.9 Å². The van der Waals surface area contributed by atoms with Crippen LogP contribution < -0.4 is 16.0 Å². The Morgan fingerprint density at radius 2 is 1.84 bits per heavy atom. The summed E-state index contributed by atoms with van der Waals surface area (Å²) in [5.41, 5.74) is 7.65. The van der Waals surface area contributed by atoms with Gasteiger partial charge in [-0.25, -0.2) is 0 Å². The van der Waals surface area contributed by atoms with Gasteiger partial charge in [-0.15, -0.1) is 0 Å². The molecule has 0 bridgehead atoms. The Bertz CT molecular complexity index is 979. The first-order chi connectivity index (χ1) is 15.4. The lowest BCUT2D eigenvalue weighted by atomic mass is 9.87. The maximum absolute atomic E-state index is 13.1. The number of nitrogens with two attached hydrogens (primary N) is 1. The van der Waals surface area contributed by atoms with Crippen LogP contribution in [0.1, 0.15) is 59.2 Å². The number of amides is 4. The van der Waals surface area contributed by atoms with Crippen LogP contribution in [0.4, 0.5) is 5.69 Å². The van der Waals surface area contributed by atoms with Crippen molar-refractivity contribution < 1.29 is 23.9 Å². The fraction of sp³-hybridized carbons (Fsp3) is 0.565. The lowest BCUT2D eigenvalue weighted by Crippen LogP contribution is -2.54. The molecule has 3 fully saturated rings. The van der Waals surface area contributed by atoms with Crippen LogP contribution in [0, 0.1) is 5.92 Å². The molecule has 4 atom stereocenters. The molecule has 3 N–H and O–H groups in total. The van der Waals surface area contributed by atoms with Gasteiger partial charge in [0.05, 0.1) is 17.2 Å². The summed E-state index contributed by atoms with van der Waals surface area (Å²) in [6.45, 7) is 2.39. The predicted molar refractivity (Wildman–Crippen MR) is 115 cm³/mol. The molecule has 4 heterocycles. The van der Waals surface area contributed by atoms with Crippen molar-refractivity contribution in [3.05, 3.63) is 29.3 Å². The van der Waals surface area contributed by atoms with E-state index in [1.165, 1.54) is 0 Å². The number of benzene rings is 1. The highest BCUT2D eigenvalue weighted by atomic mass is 16.5.